The number of likely N-dealkylation sites (tertiary alicyclic amines) is 1. The molecule has 17 heavy (non-hydrogen) atoms. The fourth-order valence-electron chi connectivity index (χ4n) is 1.78. The average molecular weight is 235 g/mol. The normalized spacial score (nSPS) is 15.1. The summed E-state index contributed by atoms with van der Waals surface area (Å²) >= 11 is 0. The van der Waals surface area contributed by atoms with Crippen molar-refractivity contribution in [2.75, 3.05) is 13.1 Å². The largest absolute Gasteiger partial charge is 0.481 e. The van der Waals surface area contributed by atoms with E-state index in [0.29, 0.717) is 0 Å². The summed E-state index contributed by atoms with van der Waals surface area (Å²) in [4.78, 5) is 11.9. The summed E-state index contributed by atoms with van der Waals surface area (Å²) in [5.41, 5.74) is 1.44. The van der Waals surface area contributed by atoms with Gasteiger partial charge in [-0.15, -0.1) is 0 Å². The second kappa shape index (κ2) is 7.85. The predicted octanol–water partition coefficient (Wildman–Crippen LogP) is 2.76. The zero-order valence-electron chi connectivity index (χ0n) is 10.4. The van der Waals surface area contributed by atoms with Crippen molar-refractivity contribution >= 4 is 5.97 Å². The molecule has 1 saturated heterocycles. The van der Waals surface area contributed by atoms with Crippen molar-refractivity contribution in [1.82, 2.24) is 4.90 Å². The lowest BCUT2D eigenvalue weighted by Crippen LogP contribution is -2.18. The number of hydrogen-bond donors (Lipinski definition) is 1. The van der Waals surface area contributed by atoms with E-state index in [1.54, 1.807) is 6.92 Å². The summed E-state index contributed by atoms with van der Waals surface area (Å²) in [7, 11) is 0. The molecule has 1 aromatic rings. The van der Waals surface area contributed by atoms with Crippen molar-refractivity contribution < 1.29 is 9.90 Å². The highest BCUT2D eigenvalue weighted by Gasteiger charge is 2.10. The van der Waals surface area contributed by atoms with Crippen molar-refractivity contribution in [1.29, 1.82) is 0 Å². The van der Waals surface area contributed by atoms with Crippen LogP contribution in [0.2, 0.25) is 0 Å². The van der Waals surface area contributed by atoms with Crippen molar-refractivity contribution in [2.45, 2.75) is 32.7 Å². The molecule has 0 unspecified atom stereocenters. The van der Waals surface area contributed by atoms with E-state index >= 15 is 0 Å². The maximum atomic E-state index is 9.37. The van der Waals surface area contributed by atoms with Gasteiger partial charge in [0.25, 0.3) is 0 Å². The minimum atomic E-state index is -0.745. The highest BCUT2D eigenvalue weighted by molar-refractivity contribution is 5.66. The lowest BCUT2D eigenvalue weighted by Gasteiger charge is -2.13. The van der Waals surface area contributed by atoms with Crippen LogP contribution < -0.4 is 0 Å². The maximum Gasteiger partial charge on any atom is 0.303 e. The van der Waals surface area contributed by atoms with Gasteiger partial charge in [0.2, 0.25) is 0 Å². The zero-order valence-corrected chi connectivity index (χ0v) is 10.4. The third-order valence-electron chi connectivity index (χ3n) is 2.75. The Hall–Kier alpha value is -1.35. The first-order valence-electron chi connectivity index (χ1n) is 6.20. The van der Waals surface area contributed by atoms with E-state index in [-0.39, 0.29) is 6.42 Å². The summed E-state index contributed by atoms with van der Waals surface area (Å²) in [6, 6.07) is 10.7. The lowest BCUT2D eigenvalue weighted by atomic mass is 10.2. The molecule has 1 aromatic carbocycles. The Morgan fingerprint density at radius 2 is 1.76 bits per heavy atom. The Balaban J connectivity index is 0.000000249. The van der Waals surface area contributed by atoms with Crippen LogP contribution in [-0.4, -0.2) is 29.1 Å². The molecular weight excluding hydrogens is 214 g/mol. The third kappa shape index (κ3) is 6.07. The van der Waals surface area contributed by atoms with Crippen molar-refractivity contribution in [3.63, 3.8) is 0 Å². The Morgan fingerprint density at radius 1 is 1.24 bits per heavy atom. The number of carboxylic acids is 1. The first kappa shape index (κ1) is 13.7. The van der Waals surface area contributed by atoms with Gasteiger partial charge in [-0.2, -0.15) is 0 Å². The lowest BCUT2D eigenvalue weighted by molar-refractivity contribution is -0.136. The predicted molar refractivity (Wildman–Crippen MR) is 68.9 cm³/mol. The van der Waals surface area contributed by atoms with Crippen LogP contribution >= 0.6 is 0 Å². The van der Waals surface area contributed by atoms with Crippen LogP contribution in [-0.2, 0) is 11.3 Å². The number of carbonyl (C=O) groups is 1. The number of aliphatic carboxylic acids is 1. The second-order valence-electron chi connectivity index (χ2n) is 4.22. The SMILES string of the molecule is CCC(=O)O.c1ccc(CN2CCCC2)cc1. The van der Waals surface area contributed by atoms with E-state index < -0.39 is 5.97 Å². The fraction of sp³-hybridized carbons (Fsp3) is 0.500. The average Bonchev–Trinajstić information content (AvgIpc) is 2.84. The maximum absolute atomic E-state index is 9.37. The topological polar surface area (TPSA) is 40.5 Å². The molecule has 1 aliphatic heterocycles. The van der Waals surface area contributed by atoms with Crippen LogP contribution in [0.4, 0.5) is 0 Å². The van der Waals surface area contributed by atoms with Crippen LogP contribution in [0, 0.1) is 0 Å². The molecule has 0 radical (unpaired) electrons. The van der Waals surface area contributed by atoms with Gasteiger partial charge >= 0.3 is 5.97 Å². The molecule has 0 saturated carbocycles. The van der Waals surface area contributed by atoms with Crippen LogP contribution in [0.1, 0.15) is 31.7 Å². The first-order valence-corrected chi connectivity index (χ1v) is 6.20. The standard InChI is InChI=1S/C11H15N.C3H6O2/c1-2-6-11(7-3-1)10-12-8-4-5-9-12;1-2-3(4)5/h1-3,6-7H,4-5,8-10H2;2H2,1H3,(H,4,5). The second-order valence-corrected chi connectivity index (χ2v) is 4.22. The molecule has 94 valence electrons. The number of benzene rings is 1. The van der Waals surface area contributed by atoms with Gasteiger partial charge in [-0.05, 0) is 31.5 Å². The van der Waals surface area contributed by atoms with E-state index in [2.05, 4.69) is 35.2 Å². The highest BCUT2D eigenvalue weighted by Crippen LogP contribution is 2.11. The molecule has 1 fully saturated rings. The smallest absolute Gasteiger partial charge is 0.303 e. The fourth-order valence-corrected chi connectivity index (χ4v) is 1.78. The summed E-state index contributed by atoms with van der Waals surface area (Å²) < 4.78 is 0. The number of rotatable bonds is 3. The van der Waals surface area contributed by atoms with Gasteiger partial charge in [-0.3, -0.25) is 9.69 Å². The van der Waals surface area contributed by atoms with E-state index in [1.165, 1.54) is 31.5 Å². The quantitative estimate of drug-likeness (QED) is 0.875. The monoisotopic (exact) mass is 235 g/mol. The van der Waals surface area contributed by atoms with Crippen LogP contribution in [0.3, 0.4) is 0 Å². The van der Waals surface area contributed by atoms with E-state index in [4.69, 9.17) is 5.11 Å². The van der Waals surface area contributed by atoms with E-state index in [9.17, 15) is 4.79 Å². The molecule has 3 nitrogen and oxygen atoms in total. The minimum absolute atomic E-state index is 0.222. The summed E-state index contributed by atoms with van der Waals surface area (Å²) in [5.74, 6) is -0.745. The molecule has 0 aliphatic carbocycles. The van der Waals surface area contributed by atoms with Crippen LogP contribution in [0.5, 0.6) is 0 Å². The Bertz CT molecular complexity index is 318. The zero-order chi connectivity index (χ0) is 12.5. The third-order valence-corrected chi connectivity index (χ3v) is 2.75. The molecule has 3 heteroatoms. The molecule has 2 rings (SSSR count). The van der Waals surface area contributed by atoms with Gasteiger partial charge in [0, 0.05) is 13.0 Å². The summed E-state index contributed by atoms with van der Waals surface area (Å²) in [6.07, 6.45) is 2.99. The molecule has 0 atom stereocenters. The Morgan fingerprint density at radius 3 is 2.24 bits per heavy atom. The highest BCUT2D eigenvalue weighted by atomic mass is 16.4. The van der Waals surface area contributed by atoms with E-state index in [1.807, 2.05) is 0 Å². The molecule has 1 heterocycles. The van der Waals surface area contributed by atoms with Crippen LogP contribution in [0.15, 0.2) is 30.3 Å². The molecule has 1 aliphatic rings. The number of hydrogen-bond acceptors (Lipinski definition) is 2. The molecular formula is C14H21NO2. The van der Waals surface area contributed by atoms with Gasteiger partial charge in [-0.1, -0.05) is 37.3 Å². The van der Waals surface area contributed by atoms with Gasteiger partial charge in [0.05, 0.1) is 0 Å². The summed E-state index contributed by atoms with van der Waals surface area (Å²) in [5, 5.41) is 7.72. The van der Waals surface area contributed by atoms with E-state index in [0.717, 1.165) is 6.54 Å². The minimum Gasteiger partial charge on any atom is -0.481 e. The van der Waals surface area contributed by atoms with Crippen molar-refractivity contribution in [3.05, 3.63) is 35.9 Å². The van der Waals surface area contributed by atoms with Crippen molar-refractivity contribution in [3.8, 4) is 0 Å². The molecule has 0 spiro atoms. The Labute approximate surface area is 103 Å². The number of nitrogens with zero attached hydrogens (tertiary/aromatic N) is 1. The molecule has 0 bridgehead atoms. The molecule has 0 aromatic heterocycles. The van der Waals surface area contributed by atoms with Gasteiger partial charge in [0.1, 0.15) is 0 Å². The van der Waals surface area contributed by atoms with Gasteiger partial charge in [-0.25, -0.2) is 0 Å². The van der Waals surface area contributed by atoms with Crippen molar-refractivity contribution in [2.24, 2.45) is 0 Å². The summed E-state index contributed by atoms with van der Waals surface area (Å²) in [6.45, 7) is 5.31. The van der Waals surface area contributed by atoms with Crippen LogP contribution in [0.25, 0.3) is 0 Å². The van der Waals surface area contributed by atoms with Gasteiger partial charge in [0.15, 0.2) is 0 Å². The molecule has 0 amide bonds. The number of carboxylic acid groups (broad SMARTS) is 1. The molecule has 1 N–H and O–H groups in total. The Kier molecular flexibility index (Phi) is 6.33. The first-order chi connectivity index (χ1) is 8.22. The van der Waals surface area contributed by atoms with Gasteiger partial charge < -0.3 is 5.11 Å².